The molecule has 0 saturated heterocycles. The molecule has 0 spiro atoms. The maximum atomic E-state index is 11.2. The quantitative estimate of drug-likeness (QED) is 0.654. The van der Waals surface area contributed by atoms with Gasteiger partial charge < -0.3 is 10.4 Å². The summed E-state index contributed by atoms with van der Waals surface area (Å²) < 4.78 is 0. The smallest absolute Gasteiger partial charge is 0.323 e. The van der Waals surface area contributed by atoms with Crippen LogP contribution >= 0.6 is 0 Å². The Morgan fingerprint density at radius 2 is 1.87 bits per heavy atom. The zero-order valence-corrected chi connectivity index (χ0v) is 10.5. The van der Waals surface area contributed by atoms with E-state index in [2.05, 4.69) is 19.2 Å². The van der Waals surface area contributed by atoms with Crippen molar-refractivity contribution in [3.63, 3.8) is 0 Å². The summed E-state index contributed by atoms with van der Waals surface area (Å²) in [6.45, 7) is 8.96. The third kappa shape index (κ3) is 4.20. The molecular formula is C12H25NO2. The number of aliphatic carboxylic acids is 1. The zero-order valence-electron chi connectivity index (χ0n) is 10.5. The Morgan fingerprint density at radius 3 is 2.20 bits per heavy atom. The Morgan fingerprint density at radius 1 is 1.33 bits per heavy atom. The highest BCUT2D eigenvalue weighted by Gasteiger charge is 2.34. The minimum absolute atomic E-state index is 0.548. The zero-order chi connectivity index (χ0) is 11.9. The van der Waals surface area contributed by atoms with Gasteiger partial charge in [0, 0.05) is 0 Å². The van der Waals surface area contributed by atoms with Gasteiger partial charge in [0.1, 0.15) is 5.54 Å². The molecule has 0 amide bonds. The maximum absolute atomic E-state index is 11.2. The molecule has 0 aromatic rings. The van der Waals surface area contributed by atoms with Gasteiger partial charge >= 0.3 is 5.97 Å². The van der Waals surface area contributed by atoms with E-state index in [1.165, 1.54) is 0 Å². The van der Waals surface area contributed by atoms with Crippen LogP contribution in [-0.2, 0) is 4.79 Å². The van der Waals surface area contributed by atoms with Gasteiger partial charge in [0.25, 0.3) is 0 Å². The van der Waals surface area contributed by atoms with Crippen molar-refractivity contribution < 1.29 is 9.90 Å². The molecule has 0 aliphatic rings. The van der Waals surface area contributed by atoms with Crippen molar-refractivity contribution in [3.05, 3.63) is 0 Å². The molecule has 1 atom stereocenters. The van der Waals surface area contributed by atoms with Crippen LogP contribution < -0.4 is 5.32 Å². The summed E-state index contributed by atoms with van der Waals surface area (Å²) in [6, 6.07) is 0. The Kier molecular flexibility index (Phi) is 6.57. The topological polar surface area (TPSA) is 49.3 Å². The summed E-state index contributed by atoms with van der Waals surface area (Å²) in [5.41, 5.74) is -0.720. The Balaban J connectivity index is 4.24. The lowest BCUT2D eigenvalue weighted by atomic mass is 9.92. The SMILES string of the molecule is CCCC(C)CNC(CC)(CC)C(=O)O. The molecule has 0 aromatic carbocycles. The summed E-state index contributed by atoms with van der Waals surface area (Å²) >= 11 is 0. The van der Waals surface area contributed by atoms with E-state index in [1.54, 1.807) is 0 Å². The van der Waals surface area contributed by atoms with E-state index in [9.17, 15) is 9.90 Å². The standard InChI is InChI=1S/C12H25NO2/c1-5-8-10(4)9-13-12(6-2,7-3)11(14)15/h10,13H,5-9H2,1-4H3,(H,14,15). The molecule has 2 N–H and O–H groups in total. The van der Waals surface area contributed by atoms with Crippen molar-refractivity contribution in [1.29, 1.82) is 0 Å². The lowest BCUT2D eigenvalue weighted by Gasteiger charge is -2.29. The number of carbonyl (C=O) groups is 1. The third-order valence-corrected chi connectivity index (χ3v) is 3.19. The van der Waals surface area contributed by atoms with Crippen LogP contribution in [0.2, 0.25) is 0 Å². The number of hydrogen-bond acceptors (Lipinski definition) is 2. The van der Waals surface area contributed by atoms with Crippen LogP contribution in [0, 0.1) is 5.92 Å². The van der Waals surface area contributed by atoms with Crippen molar-refractivity contribution in [1.82, 2.24) is 5.32 Å². The summed E-state index contributed by atoms with van der Waals surface area (Å²) in [5, 5.41) is 12.4. The van der Waals surface area contributed by atoms with Gasteiger partial charge in [-0.3, -0.25) is 4.79 Å². The molecule has 0 rings (SSSR count). The number of carboxylic acids is 1. The molecule has 0 aliphatic carbocycles. The molecule has 3 nitrogen and oxygen atoms in total. The Labute approximate surface area is 93.3 Å². The highest BCUT2D eigenvalue weighted by atomic mass is 16.4. The van der Waals surface area contributed by atoms with Crippen LogP contribution in [0.1, 0.15) is 53.4 Å². The predicted octanol–water partition coefficient (Wildman–Crippen LogP) is 2.66. The van der Waals surface area contributed by atoms with Crippen molar-refractivity contribution in [2.45, 2.75) is 58.9 Å². The highest BCUT2D eigenvalue weighted by molar-refractivity contribution is 5.78. The maximum Gasteiger partial charge on any atom is 0.323 e. The van der Waals surface area contributed by atoms with Crippen LogP contribution in [0.3, 0.4) is 0 Å². The monoisotopic (exact) mass is 215 g/mol. The van der Waals surface area contributed by atoms with Gasteiger partial charge in [-0.25, -0.2) is 0 Å². The summed E-state index contributed by atoms with van der Waals surface area (Å²) in [5.74, 6) is -0.178. The van der Waals surface area contributed by atoms with Gasteiger partial charge in [-0.05, 0) is 31.7 Å². The van der Waals surface area contributed by atoms with Crippen LogP contribution in [0.4, 0.5) is 0 Å². The van der Waals surface area contributed by atoms with Gasteiger partial charge in [0.2, 0.25) is 0 Å². The van der Waals surface area contributed by atoms with Crippen LogP contribution in [0.25, 0.3) is 0 Å². The van der Waals surface area contributed by atoms with Gasteiger partial charge in [-0.2, -0.15) is 0 Å². The molecule has 0 saturated carbocycles. The number of nitrogens with one attached hydrogen (secondary N) is 1. The van der Waals surface area contributed by atoms with E-state index >= 15 is 0 Å². The first-order valence-electron chi connectivity index (χ1n) is 6.00. The van der Waals surface area contributed by atoms with E-state index in [0.717, 1.165) is 19.4 Å². The van der Waals surface area contributed by atoms with E-state index in [4.69, 9.17) is 0 Å². The molecule has 0 aromatic heterocycles. The molecule has 0 fully saturated rings. The minimum Gasteiger partial charge on any atom is -0.480 e. The molecule has 3 heteroatoms. The Bertz CT molecular complexity index is 188. The van der Waals surface area contributed by atoms with Crippen LogP contribution in [-0.4, -0.2) is 23.2 Å². The normalized spacial score (nSPS) is 13.9. The van der Waals surface area contributed by atoms with Gasteiger partial charge in [-0.1, -0.05) is 34.1 Å². The lowest BCUT2D eigenvalue weighted by Crippen LogP contribution is -2.52. The van der Waals surface area contributed by atoms with E-state index in [1.807, 2.05) is 13.8 Å². The van der Waals surface area contributed by atoms with Gasteiger partial charge in [0.05, 0.1) is 0 Å². The summed E-state index contributed by atoms with van der Waals surface area (Å²) in [4.78, 5) is 11.2. The summed E-state index contributed by atoms with van der Waals surface area (Å²) in [7, 11) is 0. The molecular weight excluding hydrogens is 190 g/mol. The van der Waals surface area contributed by atoms with E-state index < -0.39 is 11.5 Å². The van der Waals surface area contributed by atoms with Gasteiger partial charge in [0.15, 0.2) is 0 Å². The predicted molar refractivity (Wildman–Crippen MR) is 63.0 cm³/mol. The molecule has 1 unspecified atom stereocenters. The first-order valence-corrected chi connectivity index (χ1v) is 6.00. The minimum atomic E-state index is -0.726. The lowest BCUT2D eigenvalue weighted by molar-refractivity contribution is -0.145. The molecule has 90 valence electrons. The molecule has 0 heterocycles. The van der Waals surface area contributed by atoms with Gasteiger partial charge in [-0.15, -0.1) is 0 Å². The van der Waals surface area contributed by atoms with Crippen LogP contribution in [0.5, 0.6) is 0 Å². The van der Waals surface area contributed by atoms with E-state index in [0.29, 0.717) is 18.8 Å². The number of rotatable bonds is 8. The third-order valence-electron chi connectivity index (χ3n) is 3.19. The second kappa shape index (κ2) is 6.83. The Hall–Kier alpha value is -0.570. The highest BCUT2D eigenvalue weighted by Crippen LogP contribution is 2.16. The van der Waals surface area contributed by atoms with Crippen LogP contribution in [0.15, 0.2) is 0 Å². The first-order chi connectivity index (χ1) is 7.02. The number of carboxylic acid groups (broad SMARTS) is 1. The second-order valence-electron chi connectivity index (χ2n) is 4.37. The number of hydrogen-bond donors (Lipinski definition) is 2. The molecule has 15 heavy (non-hydrogen) atoms. The first kappa shape index (κ1) is 14.4. The van der Waals surface area contributed by atoms with E-state index in [-0.39, 0.29) is 0 Å². The average Bonchev–Trinajstić information content (AvgIpc) is 2.20. The molecule has 0 aliphatic heterocycles. The fraction of sp³-hybridized carbons (Fsp3) is 0.917. The molecule has 0 radical (unpaired) electrons. The van der Waals surface area contributed by atoms with Crippen molar-refractivity contribution in [2.75, 3.05) is 6.54 Å². The van der Waals surface area contributed by atoms with Crippen molar-refractivity contribution >= 4 is 5.97 Å². The van der Waals surface area contributed by atoms with Crippen molar-refractivity contribution in [2.24, 2.45) is 5.92 Å². The second-order valence-corrected chi connectivity index (χ2v) is 4.37. The van der Waals surface area contributed by atoms with Crippen molar-refractivity contribution in [3.8, 4) is 0 Å². The average molecular weight is 215 g/mol. The fourth-order valence-electron chi connectivity index (χ4n) is 1.84. The molecule has 0 bridgehead atoms. The fourth-order valence-corrected chi connectivity index (χ4v) is 1.84. The summed E-state index contributed by atoms with van der Waals surface area (Å²) in [6.07, 6.45) is 3.58. The largest absolute Gasteiger partial charge is 0.480 e.